The SMILES string of the molecule is C=CCCOC(=O)[C@H]1[C@H]2C(=O)N([C@@H](CO)C(C)C)C(C(=O)N(CC=C)c3ccc(N(CC)CC)cc3)C23CC[C@]1(C)O3. The van der Waals surface area contributed by atoms with Crippen molar-refractivity contribution in [2.75, 3.05) is 42.6 Å². The van der Waals surface area contributed by atoms with Gasteiger partial charge in [-0.1, -0.05) is 26.0 Å². The van der Waals surface area contributed by atoms with E-state index < -0.39 is 41.1 Å². The van der Waals surface area contributed by atoms with E-state index in [1.165, 1.54) is 4.90 Å². The first-order valence-corrected chi connectivity index (χ1v) is 15.2. The fourth-order valence-electron chi connectivity index (χ4n) is 7.34. The number of ether oxygens (including phenoxy) is 2. The average Bonchev–Trinajstić information content (AvgIpc) is 3.54. The van der Waals surface area contributed by atoms with Gasteiger partial charge in [-0.25, -0.2) is 0 Å². The average molecular weight is 582 g/mol. The third kappa shape index (κ3) is 5.15. The van der Waals surface area contributed by atoms with Crippen molar-refractivity contribution < 1.29 is 29.0 Å². The van der Waals surface area contributed by atoms with Crippen molar-refractivity contribution in [2.24, 2.45) is 17.8 Å². The predicted molar refractivity (Wildman–Crippen MR) is 163 cm³/mol. The van der Waals surface area contributed by atoms with Crippen LogP contribution in [0.5, 0.6) is 0 Å². The second kappa shape index (κ2) is 12.6. The Morgan fingerprint density at radius 1 is 1.14 bits per heavy atom. The summed E-state index contributed by atoms with van der Waals surface area (Å²) in [6.07, 6.45) is 4.79. The van der Waals surface area contributed by atoms with Crippen molar-refractivity contribution in [1.29, 1.82) is 0 Å². The lowest BCUT2D eigenvalue weighted by Crippen LogP contribution is -2.60. The van der Waals surface area contributed by atoms with Gasteiger partial charge in [0.2, 0.25) is 5.91 Å². The van der Waals surface area contributed by atoms with Crippen LogP contribution in [0.25, 0.3) is 0 Å². The van der Waals surface area contributed by atoms with Crippen LogP contribution >= 0.6 is 0 Å². The number of aliphatic hydroxyl groups is 1. The Morgan fingerprint density at radius 3 is 2.33 bits per heavy atom. The number of aliphatic hydroxyl groups excluding tert-OH is 1. The van der Waals surface area contributed by atoms with Crippen LogP contribution in [0.4, 0.5) is 11.4 Å². The van der Waals surface area contributed by atoms with E-state index in [1.54, 1.807) is 17.1 Å². The molecule has 3 heterocycles. The molecule has 230 valence electrons. The number of likely N-dealkylation sites (tertiary alicyclic amines) is 1. The third-order valence-electron chi connectivity index (χ3n) is 9.45. The number of hydrogen-bond donors (Lipinski definition) is 1. The van der Waals surface area contributed by atoms with Crippen molar-refractivity contribution in [3.8, 4) is 0 Å². The van der Waals surface area contributed by atoms with E-state index in [4.69, 9.17) is 9.47 Å². The van der Waals surface area contributed by atoms with Crippen LogP contribution in [-0.2, 0) is 23.9 Å². The summed E-state index contributed by atoms with van der Waals surface area (Å²) in [6.45, 7) is 19.2. The van der Waals surface area contributed by atoms with Crippen LogP contribution in [0.2, 0.25) is 0 Å². The number of nitrogens with zero attached hydrogens (tertiary/aromatic N) is 3. The lowest BCUT2D eigenvalue weighted by molar-refractivity contribution is -0.160. The Balaban J connectivity index is 1.79. The largest absolute Gasteiger partial charge is 0.465 e. The van der Waals surface area contributed by atoms with Gasteiger partial charge in [-0.3, -0.25) is 14.4 Å². The first kappa shape index (κ1) is 31.8. The Bertz CT molecular complexity index is 1180. The first-order chi connectivity index (χ1) is 20.0. The number of rotatable bonds is 14. The van der Waals surface area contributed by atoms with Gasteiger partial charge in [-0.15, -0.1) is 13.2 Å². The van der Waals surface area contributed by atoms with Crippen LogP contribution in [0, 0.1) is 17.8 Å². The summed E-state index contributed by atoms with van der Waals surface area (Å²) in [4.78, 5) is 48.0. The number of esters is 1. The Labute approximate surface area is 250 Å². The quantitative estimate of drug-likeness (QED) is 0.202. The topological polar surface area (TPSA) is 99.6 Å². The molecule has 6 atom stereocenters. The number of carbonyl (C=O) groups is 3. The summed E-state index contributed by atoms with van der Waals surface area (Å²) in [7, 11) is 0. The highest BCUT2D eigenvalue weighted by molar-refractivity contribution is 6.05. The van der Waals surface area contributed by atoms with Crippen LogP contribution < -0.4 is 9.80 Å². The zero-order valence-electron chi connectivity index (χ0n) is 25.8. The van der Waals surface area contributed by atoms with Gasteiger partial charge >= 0.3 is 5.97 Å². The maximum absolute atomic E-state index is 14.8. The predicted octanol–water partition coefficient (Wildman–Crippen LogP) is 3.95. The molecule has 2 unspecified atom stereocenters. The minimum Gasteiger partial charge on any atom is -0.465 e. The van der Waals surface area contributed by atoms with E-state index in [1.807, 2.05) is 45.0 Å². The Kier molecular flexibility index (Phi) is 9.52. The smallest absolute Gasteiger partial charge is 0.312 e. The van der Waals surface area contributed by atoms with E-state index in [0.29, 0.717) is 24.9 Å². The molecule has 0 aromatic heterocycles. The lowest BCUT2D eigenvalue weighted by atomic mass is 9.66. The second-order valence-electron chi connectivity index (χ2n) is 12.1. The molecule has 3 saturated heterocycles. The summed E-state index contributed by atoms with van der Waals surface area (Å²) in [5.41, 5.74) is -0.423. The molecular weight excluding hydrogens is 534 g/mol. The van der Waals surface area contributed by atoms with E-state index >= 15 is 0 Å². The fourth-order valence-corrected chi connectivity index (χ4v) is 7.34. The van der Waals surface area contributed by atoms with Crippen LogP contribution in [0.3, 0.4) is 0 Å². The minimum absolute atomic E-state index is 0.142. The van der Waals surface area contributed by atoms with Gasteiger partial charge in [-0.2, -0.15) is 0 Å². The molecule has 42 heavy (non-hydrogen) atoms. The molecule has 2 bridgehead atoms. The molecule has 4 rings (SSSR count). The molecule has 9 heteroatoms. The van der Waals surface area contributed by atoms with Crippen LogP contribution in [0.1, 0.15) is 53.9 Å². The third-order valence-corrected chi connectivity index (χ3v) is 9.45. The van der Waals surface area contributed by atoms with Gasteiger partial charge in [0.25, 0.3) is 5.91 Å². The summed E-state index contributed by atoms with van der Waals surface area (Å²) in [5, 5.41) is 10.5. The molecule has 0 saturated carbocycles. The lowest BCUT2D eigenvalue weighted by Gasteiger charge is -2.40. The van der Waals surface area contributed by atoms with Crippen molar-refractivity contribution in [3.05, 3.63) is 49.6 Å². The van der Waals surface area contributed by atoms with Crippen LogP contribution in [-0.4, -0.2) is 83.9 Å². The molecule has 1 aromatic carbocycles. The normalized spacial score (nSPS) is 28.5. The molecule has 3 aliphatic heterocycles. The van der Waals surface area contributed by atoms with E-state index in [9.17, 15) is 19.5 Å². The maximum atomic E-state index is 14.8. The van der Waals surface area contributed by atoms with Gasteiger partial charge in [-0.05, 0) is 70.2 Å². The number of benzene rings is 1. The van der Waals surface area contributed by atoms with Crippen molar-refractivity contribution >= 4 is 29.2 Å². The van der Waals surface area contributed by atoms with Gasteiger partial charge in [0, 0.05) is 31.0 Å². The van der Waals surface area contributed by atoms with Crippen LogP contribution in [0.15, 0.2) is 49.6 Å². The molecule has 3 fully saturated rings. The van der Waals surface area contributed by atoms with Gasteiger partial charge < -0.3 is 29.3 Å². The zero-order chi connectivity index (χ0) is 30.8. The van der Waals surface area contributed by atoms with Crippen molar-refractivity contribution in [2.45, 2.75) is 77.2 Å². The van der Waals surface area contributed by atoms with E-state index in [2.05, 4.69) is 31.9 Å². The number of amides is 2. The number of hydrogen-bond acceptors (Lipinski definition) is 7. The zero-order valence-corrected chi connectivity index (χ0v) is 25.8. The summed E-state index contributed by atoms with van der Waals surface area (Å²) in [5.74, 6) is -3.03. The first-order valence-electron chi connectivity index (χ1n) is 15.2. The molecule has 1 aromatic rings. The fraction of sp³-hybridized carbons (Fsp3) is 0.606. The molecule has 2 amide bonds. The molecule has 1 spiro atoms. The summed E-state index contributed by atoms with van der Waals surface area (Å²) >= 11 is 0. The number of carbonyl (C=O) groups excluding carboxylic acids is 3. The molecule has 9 nitrogen and oxygen atoms in total. The molecule has 0 aliphatic carbocycles. The van der Waals surface area contributed by atoms with Crippen molar-refractivity contribution in [3.63, 3.8) is 0 Å². The number of anilines is 2. The van der Waals surface area contributed by atoms with E-state index in [0.717, 1.165) is 18.8 Å². The Morgan fingerprint density at radius 2 is 1.79 bits per heavy atom. The molecule has 1 N–H and O–H groups in total. The molecular formula is C33H47N3O6. The van der Waals surface area contributed by atoms with Gasteiger partial charge in [0.05, 0.1) is 30.8 Å². The van der Waals surface area contributed by atoms with Gasteiger partial charge in [0.15, 0.2) is 0 Å². The molecule has 3 aliphatic rings. The monoisotopic (exact) mass is 581 g/mol. The standard InChI is InChI=1S/C33H47N3O6/c1-8-12-20-41-31(40)27-26-29(38)36(25(21-37)22(5)6)28(33(26)18-17-32(27,7)42-33)30(39)35(19-9-2)24-15-13-23(14-16-24)34(10-3)11-4/h8-9,13-16,22,25-28,37H,1-2,10-12,17-21H2,3-7H3/t25-,26-,27+,28?,32-,33?/m0/s1. The summed E-state index contributed by atoms with van der Waals surface area (Å²) < 4.78 is 12.3. The number of fused-ring (bicyclic) bond motifs is 1. The van der Waals surface area contributed by atoms with E-state index in [-0.39, 0.29) is 37.5 Å². The highest BCUT2D eigenvalue weighted by Gasteiger charge is 2.79. The Hall–Kier alpha value is -3.17. The maximum Gasteiger partial charge on any atom is 0.312 e. The highest BCUT2D eigenvalue weighted by atomic mass is 16.6. The molecule has 0 radical (unpaired) electrons. The summed E-state index contributed by atoms with van der Waals surface area (Å²) in [6, 6.07) is 6.14. The minimum atomic E-state index is -1.21. The van der Waals surface area contributed by atoms with Crippen molar-refractivity contribution in [1.82, 2.24) is 4.90 Å². The van der Waals surface area contributed by atoms with Gasteiger partial charge in [0.1, 0.15) is 17.6 Å². The highest BCUT2D eigenvalue weighted by Crippen LogP contribution is 2.64. The second-order valence-corrected chi connectivity index (χ2v) is 12.1.